The maximum Gasteiger partial charge on any atom is 0.329 e. The van der Waals surface area contributed by atoms with Crippen LogP contribution < -0.4 is 10.1 Å². The summed E-state index contributed by atoms with van der Waals surface area (Å²) >= 11 is 6.61. The summed E-state index contributed by atoms with van der Waals surface area (Å²) in [6.07, 6.45) is 0. The molecule has 6 nitrogen and oxygen atoms in total. The number of carbonyl (C=O) groups is 1. The molecule has 0 aliphatic rings. The highest BCUT2D eigenvalue weighted by Gasteiger charge is 2.35. The predicted molar refractivity (Wildman–Crippen MR) is 117 cm³/mol. The van der Waals surface area contributed by atoms with E-state index in [9.17, 15) is 4.79 Å². The van der Waals surface area contributed by atoms with Crippen molar-refractivity contribution in [2.45, 2.75) is 32.5 Å². The summed E-state index contributed by atoms with van der Waals surface area (Å²) in [6, 6.07) is 19.3. The van der Waals surface area contributed by atoms with Crippen LogP contribution in [0.15, 0.2) is 60.7 Å². The van der Waals surface area contributed by atoms with Crippen LogP contribution in [0.2, 0.25) is 5.15 Å². The molecule has 0 aliphatic carbocycles. The number of esters is 1. The zero-order valence-corrected chi connectivity index (χ0v) is 18.1. The Labute approximate surface area is 181 Å². The van der Waals surface area contributed by atoms with Crippen molar-refractivity contribution >= 4 is 17.6 Å². The third-order valence-electron chi connectivity index (χ3n) is 4.92. The molecule has 1 unspecified atom stereocenters. The zero-order valence-electron chi connectivity index (χ0n) is 17.4. The zero-order chi connectivity index (χ0) is 21.6. The van der Waals surface area contributed by atoms with Gasteiger partial charge in [-0.3, -0.25) is 5.32 Å². The van der Waals surface area contributed by atoms with Crippen molar-refractivity contribution in [2.75, 3.05) is 13.7 Å². The summed E-state index contributed by atoms with van der Waals surface area (Å²) in [5.74, 6) is 0.267. The number of para-hydroxylation sites is 1. The highest BCUT2D eigenvalue weighted by molar-refractivity contribution is 6.30. The van der Waals surface area contributed by atoms with E-state index in [0.29, 0.717) is 24.0 Å². The second-order valence-corrected chi connectivity index (χ2v) is 7.64. The summed E-state index contributed by atoms with van der Waals surface area (Å²) < 4.78 is 12.6. The average molecular weight is 428 g/mol. The van der Waals surface area contributed by atoms with Crippen LogP contribution in [0.3, 0.4) is 0 Å². The number of nitrogens with one attached hydrogen (secondary N) is 1. The van der Waals surface area contributed by atoms with Crippen molar-refractivity contribution in [3.63, 3.8) is 0 Å². The molecule has 3 rings (SSSR count). The Morgan fingerprint density at radius 2 is 1.77 bits per heavy atom. The van der Waals surface area contributed by atoms with Gasteiger partial charge in [-0.25, -0.2) is 9.48 Å². The smallest absolute Gasteiger partial charge is 0.329 e. The van der Waals surface area contributed by atoms with Gasteiger partial charge in [-0.1, -0.05) is 60.1 Å². The molecule has 3 aromatic rings. The number of carbonyl (C=O) groups excluding carboxylic acids is 1. The van der Waals surface area contributed by atoms with E-state index in [0.717, 1.165) is 16.8 Å². The molecule has 2 aromatic carbocycles. The van der Waals surface area contributed by atoms with Crippen molar-refractivity contribution in [3.05, 3.63) is 82.6 Å². The summed E-state index contributed by atoms with van der Waals surface area (Å²) in [5, 5.41) is 8.36. The lowest BCUT2D eigenvalue weighted by atomic mass is 10.0. The maximum atomic E-state index is 12.5. The highest BCUT2D eigenvalue weighted by atomic mass is 35.5. The van der Waals surface area contributed by atoms with E-state index in [-0.39, 0.29) is 6.61 Å². The van der Waals surface area contributed by atoms with Crippen LogP contribution in [0.1, 0.15) is 23.7 Å². The van der Waals surface area contributed by atoms with Crippen LogP contribution in [0.5, 0.6) is 5.75 Å². The lowest BCUT2D eigenvalue weighted by Crippen LogP contribution is -2.54. The molecule has 0 fully saturated rings. The molecule has 158 valence electrons. The third kappa shape index (κ3) is 5.20. The summed E-state index contributed by atoms with van der Waals surface area (Å²) in [5.41, 5.74) is 1.70. The quantitative estimate of drug-likeness (QED) is 0.523. The maximum absolute atomic E-state index is 12.5. The van der Waals surface area contributed by atoms with Crippen molar-refractivity contribution in [1.82, 2.24) is 15.1 Å². The Kier molecular flexibility index (Phi) is 7.13. The van der Waals surface area contributed by atoms with Gasteiger partial charge in [0.2, 0.25) is 0 Å². The topological polar surface area (TPSA) is 65.4 Å². The number of halogens is 1. The highest BCUT2D eigenvalue weighted by Crippen LogP contribution is 2.22. The molecule has 1 atom stereocenters. The normalized spacial score (nSPS) is 12.9. The number of aromatic nitrogens is 2. The summed E-state index contributed by atoms with van der Waals surface area (Å²) in [7, 11) is 1.36. The molecule has 0 radical (unpaired) electrons. The van der Waals surface area contributed by atoms with E-state index in [1.165, 1.54) is 7.11 Å². The van der Waals surface area contributed by atoms with E-state index < -0.39 is 11.5 Å². The van der Waals surface area contributed by atoms with Gasteiger partial charge >= 0.3 is 5.97 Å². The molecule has 0 spiro atoms. The van der Waals surface area contributed by atoms with E-state index in [2.05, 4.69) is 10.4 Å². The lowest BCUT2D eigenvalue weighted by Gasteiger charge is -2.28. The monoisotopic (exact) mass is 427 g/mol. The number of benzene rings is 2. The van der Waals surface area contributed by atoms with Crippen LogP contribution in [-0.4, -0.2) is 35.0 Å². The van der Waals surface area contributed by atoms with Crippen LogP contribution in [0, 0.1) is 6.92 Å². The first-order valence-corrected chi connectivity index (χ1v) is 10.1. The van der Waals surface area contributed by atoms with Gasteiger partial charge in [-0.05, 0) is 31.5 Å². The average Bonchev–Trinajstić information content (AvgIpc) is 3.04. The summed E-state index contributed by atoms with van der Waals surface area (Å²) in [4.78, 5) is 12.5. The molecule has 1 N–H and O–H groups in total. The number of hydrogen-bond donors (Lipinski definition) is 1. The Bertz CT molecular complexity index is 976. The van der Waals surface area contributed by atoms with Crippen LogP contribution in [-0.2, 0) is 22.6 Å². The van der Waals surface area contributed by atoms with Crippen LogP contribution >= 0.6 is 11.6 Å². The molecule has 0 saturated carbocycles. The molecule has 0 saturated heterocycles. The van der Waals surface area contributed by atoms with Crippen molar-refractivity contribution < 1.29 is 14.3 Å². The number of nitrogens with zero attached hydrogens (tertiary/aromatic N) is 2. The fourth-order valence-electron chi connectivity index (χ4n) is 3.09. The molecular formula is C23H26ClN3O3. The van der Waals surface area contributed by atoms with Gasteiger partial charge in [-0.2, -0.15) is 5.10 Å². The Balaban J connectivity index is 1.72. The first-order valence-electron chi connectivity index (χ1n) is 9.70. The number of hydrogen-bond acceptors (Lipinski definition) is 5. The number of rotatable bonds is 9. The Morgan fingerprint density at radius 3 is 2.40 bits per heavy atom. The Morgan fingerprint density at radius 1 is 1.13 bits per heavy atom. The van der Waals surface area contributed by atoms with E-state index in [1.54, 1.807) is 11.6 Å². The van der Waals surface area contributed by atoms with E-state index in [4.69, 9.17) is 21.1 Å². The van der Waals surface area contributed by atoms with E-state index >= 15 is 0 Å². The van der Waals surface area contributed by atoms with Crippen molar-refractivity contribution in [2.24, 2.45) is 0 Å². The molecule has 0 bridgehead atoms. The molecule has 0 amide bonds. The fourth-order valence-corrected chi connectivity index (χ4v) is 3.39. The van der Waals surface area contributed by atoms with Gasteiger partial charge in [-0.15, -0.1) is 0 Å². The van der Waals surface area contributed by atoms with Gasteiger partial charge in [0.25, 0.3) is 0 Å². The van der Waals surface area contributed by atoms with Gasteiger partial charge in [0.1, 0.15) is 23.0 Å². The minimum Gasteiger partial charge on any atom is -0.491 e. The first-order chi connectivity index (χ1) is 14.4. The SMILES string of the molecule is COC(=O)C(C)(COc1ccccc1)NCc1c(C)nn(Cc2ccccc2)c1Cl. The molecular weight excluding hydrogens is 402 g/mol. The number of aryl methyl sites for hydroxylation is 1. The largest absolute Gasteiger partial charge is 0.491 e. The third-order valence-corrected chi connectivity index (χ3v) is 5.34. The van der Waals surface area contributed by atoms with E-state index in [1.807, 2.05) is 67.6 Å². The number of methoxy groups -OCH3 is 1. The van der Waals surface area contributed by atoms with Gasteiger partial charge in [0.05, 0.1) is 19.3 Å². The predicted octanol–water partition coefficient (Wildman–Crippen LogP) is 3.99. The van der Waals surface area contributed by atoms with Crippen LogP contribution in [0.25, 0.3) is 0 Å². The van der Waals surface area contributed by atoms with Gasteiger partial charge in [0.15, 0.2) is 0 Å². The molecule has 0 aliphatic heterocycles. The second-order valence-electron chi connectivity index (χ2n) is 7.28. The Hall–Kier alpha value is -2.83. The molecule has 1 aromatic heterocycles. The minimum absolute atomic E-state index is 0.110. The lowest BCUT2D eigenvalue weighted by molar-refractivity contribution is -0.149. The van der Waals surface area contributed by atoms with Crippen LogP contribution in [0.4, 0.5) is 0 Å². The summed E-state index contributed by atoms with van der Waals surface area (Å²) in [6.45, 7) is 4.69. The second kappa shape index (κ2) is 9.78. The first kappa shape index (κ1) is 21.9. The fraction of sp³-hybridized carbons (Fsp3) is 0.304. The minimum atomic E-state index is -1.05. The molecule has 1 heterocycles. The van der Waals surface area contributed by atoms with Gasteiger partial charge < -0.3 is 9.47 Å². The van der Waals surface area contributed by atoms with Gasteiger partial charge in [0, 0.05) is 12.1 Å². The number of ether oxygens (including phenoxy) is 2. The van der Waals surface area contributed by atoms with Crippen molar-refractivity contribution in [3.8, 4) is 5.75 Å². The molecule has 7 heteroatoms. The van der Waals surface area contributed by atoms with Crippen molar-refractivity contribution in [1.29, 1.82) is 0 Å². The molecule has 30 heavy (non-hydrogen) atoms. The standard InChI is InChI=1S/C23H26ClN3O3/c1-17-20(21(24)27(26-17)15-18-10-6-4-7-11-18)14-25-23(2,22(28)29-3)16-30-19-12-8-5-9-13-19/h4-13,25H,14-16H2,1-3H3.